The van der Waals surface area contributed by atoms with E-state index in [2.05, 4.69) is 34.2 Å². The number of esters is 2. The number of hydrogen-bond acceptors (Lipinski definition) is 8. The molecule has 0 radical (unpaired) electrons. The zero-order valence-electron chi connectivity index (χ0n) is 25.4. The van der Waals surface area contributed by atoms with Crippen LogP contribution >= 0.6 is 0 Å². The second-order valence-electron chi connectivity index (χ2n) is 10.5. The van der Waals surface area contributed by atoms with Crippen LogP contribution in [-0.2, 0) is 20.7 Å². The number of aromatic amines is 1. The fraction of sp³-hybridized carbons (Fsp3) is 0.500. The third-order valence-electron chi connectivity index (χ3n) is 6.86. The normalized spacial score (nSPS) is 14.0. The summed E-state index contributed by atoms with van der Waals surface area (Å²) in [5.41, 5.74) is 4.14. The number of carbonyl (C=O) groups excluding carboxylic acids is 2. The summed E-state index contributed by atoms with van der Waals surface area (Å²) in [6.45, 7) is 7.03. The quantitative estimate of drug-likeness (QED) is 0.159. The second-order valence-corrected chi connectivity index (χ2v) is 10.5. The van der Waals surface area contributed by atoms with E-state index in [4.69, 9.17) is 14.2 Å². The Morgan fingerprint density at radius 3 is 2.20 bits per heavy atom. The van der Waals surface area contributed by atoms with Crippen molar-refractivity contribution < 1.29 is 23.8 Å². The number of aromatic nitrogens is 1. The van der Waals surface area contributed by atoms with E-state index in [1.54, 1.807) is 0 Å². The second kappa shape index (κ2) is 16.1. The molecule has 2 heterocycles. The maximum atomic E-state index is 12.5. The van der Waals surface area contributed by atoms with E-state index in [1.165, 1.54) is 0 Å². The first-order chi connectivity index (χ1) is 19.8. The minimum Gasteiger partial charge on any atom is -0.426 e. The molecule has 41 heavy (non-hydrogen) atoms. The molecule has 0 spiro atoms. The van der Waals surface area contributed by atoms with Gasteiger partial charge >= 0.3 is 11.9 Å². The molecule has 4 rings (SSSR count). The Bertz CT molecular complexity index is 1270. The van der Waals surface area contributed by atoms with E-state index < -0.39 is 0 Å². The summed E-state index contributed by atoms with van der Waals surface area (Å²) < 4.78 is 16.9. The van der Waals surface area contributed by atoms with Gasteiger partial charge in [0.1, 0.15) is 11.5 Å². The number of benzene rings is 2. The van der Waals surface area contributed by atoms with E-state index in [9.17, 15) is 9.59 Å². The van der Waals surface area contributed by atoms with Crippen LogP contribution in [0.3, 0.4) is 0 Å². The number of likely N-dealkylation sites (N-methyl/N-ethyl adjacent to an activating group) is 1. The first-order valence-corrected chi connectivity index (χ1v) is 14.6. The number of anilines is 1. The number of ether oxygens (including phenoxy) is 3. The zero-order valence-corrected chi connectivity index (χ0v) is 25.4. The lowest BCUT2D eigenvalue weighted by Gasteiger charge is -2.17. The van der Waals surface area contributed by atoms with Gasteiger partial charge in [0.2, 0.25) is 0 Å². The molecule has 1 aliphatic rings. The summed E-state index contributed by atoms with van der Waals surface area (Å²) in [5, 5.41) is 4.35. The number of rotatable bonds is 14. The standard InChI is InChI=1S/C30H40N4O5.C2H6/c1-33(2)15-11-21-19-31-23-7-5-9-25(29(21)23)38-27(35)13-17-37-18-14-28(36)39-26-10-6-8-24-30(26)22(20-32-24)12-16-34(3)4;1-2/h5-10,19,22,31-32H,11-18,20H2,1-4H3;1-2H3. The summed E-state index contributed by atoms with van der Waals surface area (Å²) in [4.78, 5) is 32.6. The lowest BCUT2D eigenvalue weighted by Crippen LogP contribution is -2.18. The first kappa shape index (κ1) is 32.1. The summed E-state index contributed by atoms with van der Waals surface area (Å²) in [6, 6.07) is 11.4. The molecule has 3 aromatic rings. The van der Waals surface area contributed by atoms with Crippen molar-refractivity contribution in [3.63, 3.8) is 0 Å². The van der Waals surface area contributed by atoms with Crippen LogP contribution in [0.15, 0.2) is 42.6 Å². The highest BCUT2D eigenvalue weighted by Crippen LogP contribution is 2.40. The molecule has 1 aliphatic heterocycles. The van der Waals surface area contributed by atoms with Crippen LogP contribution in [0.5, 0.6) is 11.5 Å². The minimum atomic E-state index is -0.374. The van der Waals surface area contributed by atoms with Crippen LogP contribution < -0.4 is 14.8 Å². The molecule has 1 unspecified atom stereocenters. The Hall–Kier alpha value is -3.40. The van der Waals surface area contributed by atoms with E-state index in [0.717, 1.165) is 60.2 Å². The van der Waals surface area contributed by atoms with Crippen molar-refractivity contribution in [2.24, 2.45) is 0 Å². The number of nitrogens with one attached hydrogen (secondary N) is 2. The maximum absolute atomic E-state index is 12.5. The molecule has 0 fully saturated rings. The molecule has 0 aliphatic carbocycles. The molecule has 9 heteroatoms. The number of fused-ring (bicyclic) bond motifs is 2. The Labute approximate surface area is 244 Å². The molecule has 1 aromatic heterocycles. The molecular weight excluding hydrogens is 520 g/mol. The fourth-order valence-corrected chi connectivity index (χ4v) is 4.81. The lowest BCUT2D eigenvalue weighted by atomic mass is 9.96. The molecular formula is C32H46N4O5. The largest absolute Gasteiger partial charge is 0.426 e. The van der Waals surface area contributed by atoms with Gasteiger partial charge in [-0.05, 0) is 77.4 Å². The smallest absolute Gasteiger partial charge is 0.313 e. The summed E-state index contributed by atoms with van der Waals surface area (Å²) >= 11 is 0. The maximum Gasteiger partial charge on any atom is 0.313 e. The third kappa shape index (κ3) is 9.31. The van der Waals surface area contributed by atoms with Crippen molar-refractivity contribution >= 4 is 28.5 Å². The van der Waals surface area contributed by atoms with E-state index in [0.29, 0.717) is 17.4 Å². The predicted molar refractivity (Wildman–Crippen MR) is 164 cm³/mol. The van der Waals surface area contributed by atoms with E-state index >= 15 is 0 Å². The van der Waals surface area contributed by atoms with Crippen LogP contribution in [-0.4, -0.2) is 87.8 Å². The average Bonchev–Trinajstić information content (AvgIpc) is 3.57. The highest BCUT2D eigenvalue weighted by Gasteiger charge is 2.27. The summed E-state index contributed by atoms with van der Waals surface area (Å²) in [6.07, 6.45) is 4.00. The average molecular weight is 567 g/mol. The van der Waals surface area contributed by atoms with Crippen LogP contribution in [0, 0.1) is 0 Å². The number of H-pyrrole nitrogens is 1. The topological polar surface area (TPSA) is 96.1 Å². The highest BCUT2D eigenvalue weighted by atomic mass is 16.5. The molecule has 1 atom stereocenters. The van der Waals surface area contributed by atoms with Gasteiger partial charge in [-0.1, -0.05) is 26.0 Å². The van der Waals surface area contributed by atoms with Crippen molar-refractivity contribution in [1.29, 1.82) is 0 Å². The summed E-state index contributed by atoms with van der Waals surface area (Å²) in [7, 11) is 8.17. The zero-order chi connectivity index (χ0) is 29.8. The van der Waals surface area contributed by atoms with Crippen LogP contribution in [0.1, 0.15) is 50.2 Å². The lowest BCUT2D eigenvalue weighted by molar-refractivity contribution is -0.136. The van der Waals surface area contributed by atoms with Crippen LogP contribution in [0.25, 0.3) is 10.9 Å². The van der Waals surface area contributed by atoms with Gasteiger partial charge in [0.25, 0.3) is 0 Å². The Balaban J connectivity index is 0.00000226. The van der Waals surface area contributed by atoms with Crippen molar-refractivity contribution in [2.45, 2.75) is 45.4 Å². The van der Waals surface area contributed by atoms with Crippen molar-refractivity contribution in [3.05, 3.63) is 53.7 Å². The monoisotopic (exact) mass is 566 g/mol. The fourth-order valence-electron chi connectivity index (χ4n) is 4.81. The first-order valence-electron chi connectivity index (χ1n) is 14.6. The Morgan fingerprint density at radius 2 is 1.51 bits per heavy atom. The predicted octanol–water partition coefficient (Wildman–Crippen LogP) is 5.07. The Kier molecular flexibility index (Phi) is 12.6. The van der Waals surface area contributed by atoms with Gasteiger partial charge in [-0.25, -0.2) is 0 Å². The highest BCUT2D eigenvalue weighted by molar-refractivity contribution is 5.91. The van der Waals surface area contributed by atoms with Crippen molar-refractivity contribution in [1.82, 2.24) is 14.8 Å². The van der Waals surface area contributed by atoms with Crippen molar-refractivity contribution in [2.75, 3.05) is 66.4 Å². The van der Waals surface area contributed by atoms with Gasteiger partial charge in [0.15, 0.2) is 0 Å². The van der Waals surface area contributed by atoms with Gasteiger partial charge in [-0.15, -0.1) is 0 Å². The van der Waals surface area contributed by atoms with Gasteiger partial charge in [-0.2, -0.15) is 0 Å². The molecule has 224 valence electrons. The molecule has 0 amide bonds. The number of hydrogen-bond donors (Lipinski definition) is 2. The van der Waals surface area contributed by atoms with Gasteiger partial charge in [0.05, 0.1) is 26.1 Å². The molecule has 0 bridgehead atoms. The van der Waals surface area contributed by atoms with E-state index in [1.807, 2.05) is 70.5 Å². The molecule has 2 N–H and O–H groups in total. The van der Waals surface area contributed by atoms with Gasteiger partial charge in [-0.3, -0.25) is 9.59 Å². The Morgan fingerprint density at radius 1 is 0.878 bits per heavy atom. The van der Waals surface area contributed by atoms with Crippen molar-refractivity contribution in [3.8, 4) is 11.5 Å². The summed E-state index contributed by atoms with van der Waals surface area (Å²) in [5.74, 6) is 0.730. The molecule has 9 nitrogen and oxygen atoms in total. The molecule has 0 saturated heterocycles. The van der Waals surface area contributed by atoms with Gasteiger partial charge in [0, 0.05) is 47.4 Å². The van der Waals surface area contributed by atoms with Crippen LogP contribution in [0.4, 0.5) is 5.69 Å². The third-order valence-corrected chi connectivity index (χ3v) is 6.86. The number of carbonyl (C=O) groups is 2. The van der Waals surface area contributed by atoms with E-state index in [-0.39, 0.29) is 38.0 Å². The molecule has 2 aromatic carbocycles. The SMILES string of the molecule is CC.CN(C)CCc1c[nH]c2cccc(OC(=O)CCOCCC(=O)Oc3cccc4c3C(CCN(C)C)CN4)c12. The number of nitrogens with zero attached hydrogens (tertiary/aromatic N) is 2. The minimum absolute atomic E-state index is 0.0916. The van der Waals surface area contributed by atoms with Gasteiger partial charge < -0.3 is 34.3 Å². The molecule has 0 saturated carbocycles. The van der Waals surface area contributed by atoms with Crippen LogP contribution in [0.2, 0.25) is 0 Å².